The molecule has 0 saturated heterocycles. The zero-order chi connectivity index (χ0) is 15.1. The van der Waals surface area contributed by atoms with Gasteiger partial charge in [0, 0.05) is 5.57 Å². The number of fused-ring (bicyclic) bond motifs is 1. The van der Waals surface area contributed by atoms with E-state index in [-0.39, 0.29) is 19.4 Å². The molecule has 2 aliphatic rings. The van der Waals surface area contributed by atoms with Crippen molar-refractivity contribution in [2.45, 2.75) is 6.92 Å². The number of aryl methyl sites for hydroxylation is 1. The molecule has 2 aromatic rings. The van der Waals surface area contributed by atoms with Crippen molar-refractivity contribution in [1.82, 2.24) is 0 Å². The summed E-state index contributed by atoms with van der Waals surface area (Å²) in [6.45, 7) is 2.53. The van der Waals surface area contributed by atoms with Crippen LogP contribution in [0.25, 0.3) is 11.1 Å². The van der Waals surface area contributed by atoms with E-state index in [1.807, 2.05) is 49.4 Å². The monoisotopic (exact) mass is 294 g/mol. The van der Waals surface area contributed by atoms with E-state index < -0.39 is 0 Å². The zero-order valence-electron chi connectivity index (χ0n) is 12.1. The third kappa shape index (κ3) is 2.04. The minimum Gasteiger partial charge on any atom is -0.457 e. The largest absolute Gasteiger partial charge is 0.457 e. The standard InChI is InChI=1S/C18H14O4/c1-11-2-4-12(5-3-11)17-14(9-20-18(17)19)13-6-7-15-16(8-13)22-10-21-15/h2-8H,9-10H2,1H3. The van der Waals surface area contributed by atoms with Crippen LogP contribution in [0.5, 0.6) is 11.5 Å². The van der Waals surface area contributed by atoms with Gasteiger partial charge in [0.25, 0.3) is 0 Å². The fourth-order valence-corrected chi connectivity index (χ4v) is 2.73. The number of carbonyl (C=O) groups is 1. The predicted molar refractivity (Wildman–Crippen MR) is 81.5 cm³/mol. The Morgan fingerprint density at radius 1 is 0.864 bits per heavy atom. The second-order valence-electron chi connectivity index (χ2n) is 5.36. The summed E-state index contributed by atoms with van der Waals surface area (Å²) in [7, 11) is 0. The van der Waals surface area contributed by atoms with E-state index in [0.29, 0.717) is 11.3 Å². The van der Waals surface area contributed by atoms with Crippen LogP contribution in [0.4, 0.5) is 0 Å². The third-order valence-corrected chi connectivity index (χ3v) is 3.91. The van der Waals surface area contributed by atoms with Crippen LogP contribution in [0.3, 0.4) is 0 Å². The SMILES string of the molecule is Cc1ccc(C2=C(c3ccc4c(c3)OCO4)COC2=O)cc1. The first-order valence-electron chi connectivity index (χ1n) is 7.10. The summed E-state index contributed by atoms with van der Waals surface area (Å²) in [5.74, 6) is 1.15. The average molecular weight is 294 g/mol. The van der Waals surface area contributed by atoms with Gasteiger partial charge in [-0.3, -0.25) is 0 Å². The number of hydrogen-bond donors (Lipinski definition) is 0. The molecule has 2 heterocycles. The molecule has 0 fully saturated rings. The number of rotatable bonds is 2. The third-order valence-electron chi connectivity index (χ3n) is 3.91. The molecule has 0 aliphatic carbocycles. The molecule has 110 valence electrons. The van der Waals surface area contributed by atoms with E-state index in [4.69, 9.17) is 14.2 Å². The Hall–Kier alpha value is -2.75. The molecular weight excluding hydrogens is 280 g/mol. The molecule has 0 amide bonds. The average Bonchev–Trinajstić information content (AvgIpc) is 3.14. The summed E-state index contributed by atoms with van der Waals surface area (Å²) in [4.78, 5) is 12.1. The molecule has 0 saturated carbocycles. The number of benzene rings is 2. The van der Waals surface area contributed by atoms with E-state index in [1.165, 1.54) is 0 Å². The maximum absolute atomic E-state index is 12.1. The van der Waals surface area contributed by atoms with Crippen molar-refractivity contribution < 1.29 is 19.0 Å². The first-order valence-corrected chi connectivity index (χ1v) is 7.10. The summed E-state index contributed by atoms with van der Waals surface area (Å²) >= 11 is 0. The van der Waals surface area contributed by atoms with Gasteiger partial charge in [-0.2, -0.15) is 0 Å². The van der Waals surface area contributed by atoms with Crippen molar-refractivity contribution in [2.75, 3.05) is 13.4 Å². The van der Waals surface area contributed by atoms with Crippen LogP contribution in [0, 0.1) is 6.92 Å². The Balaban J connectivity index is 1.83. The van der Waals surface area contributed by atoms with Crippen LogP contribution in [-0.4, -0.2) is 19.4 Å². The molecule has 2 aromatic carbocycles. The molecule has 22 heavy (non-hydrogen) atoms. The van der Waals surface area contributed by atoms with Crippen molar-refractivity contribution >= 4 is 17.1 Å². The lowest BCUT2D eigenvalue weighted by atomic mass is 9.96. The second-order valence-corrected chi connectivity index (χ2v) is 5.36. The fourth-order valence-electron chi connectivity index (χ4n) is 2.73. The normalized spacial score (nSPS) is 16.1. The summed E-state index contributed by atoms with van der Waals surface area (Å²) < 4.78 is 16.0. The first kappa shape index (κ1) is 13.0. The van der Waals surface area contributed by atoms with Crippen molar-refractivity contribution in [3.05, 3.63) is 59.2 Å². The molecule has 0 spiro atoms. The number of ether oxygens (including phenoxy) is 3. The zero-order valence-corrected chi connectivity index (χ0v) is 12.1. The van der Waals surface area contributed by atoms with E-state index in [9.17, 15) is 4.79 Å². The molecule has 0 aromatic heterocycles. The Morgan fingerprint density at radius 3 is 2.41 bits per heavy atom. The van der Waals surface area contributed by atoms with Gasteiger partial charge >= 0.3 is 5.97 Å². The van der Waals surface area contributed by atoms with Crippen LogP contribution in [0.15, 0.2) is 42.5 Å². The molecule has 0 unspecified atom stereocenters. The summed E-state index contributed by atoms with van der Waals surface area (Å²) in [6, 6.07) is 13.6. The number of carbonyl (C=O) groups excluding carboxylic acids is 1. The molecule has 0 N–H and O–H groups in total. The number of esters is 1. The topological polar surface area (TPSA) is 44.8 Å². The summed E-state index contributed by atoms with van der Waals surface area (Å²) in [5, 5.41) is 0. The highest BCUT2D eigenvalue weighted by Crippen LogP contribution is 2.38. The second kappa shape index (κ2) is 4.91. The lowest BCUT2D eigenvalue weighted by Crippen LogP contribution is -1.98. The van der Waals surface area contributed by atoms with Gasteiger partial charge in [0.05, 0.1) is 5.57 Å². The lowest BCUT2D eigenvalue weighted by Gasteiger charge is -2.06. The Labute approximate surface area is 127 Å². The van der Waals surface area contributed by atoms with E-state index in [2.05, 4.69) is 0 Å². The smallest absolute Gasteiger partial charge is 0.339 e. The minimum absolute atomic E-state index is 0.234. The molecular formula is C18H14O4. The van der Waals surface area contributed by atoms with Gasteiger partial charge in [-0.1, -0.05) is 35.9 Å². The van der Waals surface area contributed by atoms with Crippen LogP contribution in [-0.2, 0) is 9.53 Å². The highest BCUT2D eigenvalue weighted by atomic mass is 16.7. The molecule has 0 atom stereocenters. The molecule has 4 rings (SSSR count). The van der Waals surface area contributed by atoms with Crippen molar-refractivity contribution in [3.63, 3.8) is 0 Å². The maximum atomic E-state index is 12.1. The van der Waals surface area contributed by atoms with Crippen molar-refractivity contribution in [3.8, 4) is 11.5 Å². The van der Waals surface area contributed by atoms with Gasteiger partial charge in [0.1, 0.15) is 6.61 Å². The van der Waals surface area contributed by atoms with Gasteiger partial charge in [-0.15, -0.1) is 0 Å². The Morgan fingerprint density at radius 2 is 1.59 bits per heavy atom. The fraction of sp³-hybridized carbons (Fsp3) is 0.167. The molecule has 4 heteroatoms. The van der Waals surface area contributed by atoms with E-state index in [1.54, 1.807) is 0 Å². The van der Waals surface area contributed by atoms with Crippen LogP contribution >= 0.6 is 0 Å². The van der Waals surface area contributed by atoms with Crippen molar-refractivity contribution in [2.24, 2.45) is 0 Å². The van der Waals surface area contributed by atoms with E-state index in [0.717, 1.165) is 28.0 Å². The van der Waals surface area contributed by atoms with Crippen LogP contribution in [0.1, 0.15) is 16.7 Å². The quantitative estimate of drug-likeness (QED) is 0.798. The predicted octanol–water partition coefficient (Wildman–Crippen LogP) is 3.19. The van der Waals surface area contributed by atoms with Gasteiger partial charge in [-0.25, -0.2) is 4.79 Å². The van der Waals surface area contributed by atoms with Gasteiger partial charge in [0.15, 0.2) is 11.5 Å². The highest BCUT2D eigenvalue weighted by Gasteiger charge is 2.28. The van der Waals surface area contributed by atoms with Gasteiger partial charge in [-0.05, 0) is 30.2 Å². The molecule has 4 nitrogen and oxygen atoms in total. The highest BCUT2D eigenvalue weighted by molar-refractivity contribution is 6.27. The first-order chi connectivity index (χ1) is 10.7. The van der Waals surface area contributed by atoms with Gasteiger partial charge < -0.3 is 14.2 Å². The summed E-state index contributed by atoms with van der Waals surface area (Å²) in [6.07, 6.45) is 0. The van der Waals surface area contributed by atoms with Crippen molar-refractivity contribution in [1.29, 1.82) is 0 Å². The minimum atomic E-state index is -0.281. The Kier molecular flexibility index (Phi) is 2.89. The molecule has 0 bridgehead atoms. The van der Waals surface area contributed by atoms with Crippen LogP contribution < -0.4 is 9.47 Å². The lowest BCUT2D eigenvalue weighted by molar-refractivity contribution is -0.133. The van der Waals surface area contributed by atoms with E-state index >= 15 is 0 Å². The van der Waals surface area contributed by atoms with Crippen LogP contribution in [0.2, 0.25) is 0 Å². The number of hydrogen-bond acceptors (Lipinski definition) is 4. The Bertz CT molecular complexity index is 787. The number of cyclic esters (lactones) is 1. The molecule has 2 aliphatic heterocycles. The molecule has 0 radical (unpaired) electrons. The summed E-state index contributed by atoms with van der Waals surface area (Å²) in [5.41, 5.74) is 4.46. The maximum Gasteiger partial charge on any atom is 0.339 e. The van der Waals surface area contributed by atoms with Gasteiger partial charge in [0.2, 0.25) is 6.79 Å².